The minimum absolute atomic E-state index is 0. The van der Waals surface area contributed by atoms with Crippen molar-refractivity contribution in [2.45, 2.75) is 6.92 Å². The molecule has 0 atom stereocenters. The van der Waals surface area contributed by atoms with Crippen molar-refractivity contribution in [2.75, 3.05) is 0 Å². The van der Waals surface area contributed by atoms with Crippen molar-refractivity contribution in [3.05, 3.63) is 79.1 Å². The Bertz CT molecular complexity index is 888. The summed E-state index contributed by atoms with van der Waals surface area (Å²) >= 11 is 0. The maximum absolute atomic E-state index is 4.30. The molecule has 0 amide bonds. The molecular weight excluding hydrogens is 505 g/mol. The van der Waals surface area contributed by atoms with Crippen LogP contribution in [0.15, 0.2) is 61.4 Å². The van der Waals surface area contributed by atoms with E-state index in [0.29, 0.717) is 0 Å². The average Bonchev–Trinajstić information content (AvgIpc) is 3.24. The van der Waals surface area contributed by atoms with Crippen LogP contribution >= 0.6 is 0 Å². The van der Waals surface area contributed by atoms with Crippen LogP contribution in [0.5, 0.6) is 0 Å². The number of nitrogens with zero attached hydrogens (tertiary/aromatic N) is 5. The van der Waals surface area contributed by atoms with Crippen molar-refractivity contribution in [3.8, 4) is 22.8 Å². The van der Waals surface area contributed by atoms with E-state index in [4.69, 9.17) is 0 Å². The molecule has 0 radical (unpaired) electrons. The van der Waals surface area contributed by atoms with Crippen molar-refractivity contribution in [1.29, 1.82) is 0 Å². The van der Waals surface area contributed by atoms with Gasteiger partial charge in [0.2, 0.25) is 0 Å². The largest absolute Gasteiger partial charge is 2.00 e. The number of aromatic nitrogens is 5. The molecule has 26 heavy (non-hydrogen) atoms. The molecule has 0 aliphatic carbocycles. The van der Waals surface area contributed by atoms with E-state index in [1.54, 1.807) is 24.8 Å². The summed E-state index contributed by atoms with van der Waals surface area (Å²) in [6.45, 7) is 2.06. The van der Waals surface area contributed by atoms with Crippen molar-refractivity contribution in [1.82, 2.24) is 24.1 Å². The number of rotatable bonds is 2. The van der Waals surface area contributed by atoms with E-state index in [-0.39, 0.29) is 21.1 Å². The van der Waals surface area contributed by atoms with Gasteiger partial charge in [0, 0.05) is 38.9 Å². The van der Waals surface area contributed by atoms with E-state index in [9.17, 15) is 0 Å². The van der Waals surface area contributed by atoms with Crippen LogP contribution in [0.2, 0.25) is 0 Å². The van der Waals surface area contributed by atoms with E-state index in [1.807, 2.05) is 59.9 Å². The first-order valence-corrected chi connectivity index (χ1v) is 7.90. The van der Waals surface area contributed by atoms with Crippen LogP contribution in [0, 0.1) is 19.1 Å². The molecule has 0 unspecified atom stereocenters. The van der Waals surface area contributed by atoms with Crippen LogP contribution in [0.3, 0.4) is 0 Å². The van der Waals surface area contributed by atoms with Gasteiger partial charge in [-0.25, -0.2) is 0 Å². The molecule has 3 aromatic heterocycles. The van der Waals surface area contributed by atoms with Crippen LogP contribution in [0.4, 0.5) is 0 Å². The Labute approximate surface area is 168 Å². The predicted octanol–water partition coefficient (Wildman–Crippen LogP) is 3.48. The van der Waals surface area contributed by atoms with Gasteiger partial charge in [-0.2, -0.15) is 35.9 Å². The van der Waals surface area contributed by atoms with Gasteiger partial charge in [0.05, 0.1) is 11.6 Å². The van der Waals surface area contributed by atoms with E-state index >= 15 is 0 Å². The fourth-order valence-electron chi connectivity index (χ4n) is 2.34. The third kappa shape index (κ3) is 4.76. The number of hydrogen-bond acceptors (Lipinski definition) is 3. The molecule has 5 nitrogen and oxygen atoms in total. The van der Waals surface area contributed by atoms with Gasteiger partial charge in [0.25, 0.3) is 0 Å². The molecule has 0 saturated heterocycles. The molecule has 4 aromatic rings. The van der Waals surface area contributed by atoms with E-state index < -0.39 is 0 Å². The molecule has 3 heterocycles. The number of hydrogen-bond donors (Lipinski definition) is 0. The van der Waals surface area contributed by atoms with Crippen molar-refractivity contribution in [2.24, 2.45) is 14.1 Å². The molecule has 0 fully saturated rings. The molecule has 0 spiro atoms. The van der Waals surface area contributed by atoms with Crippen LogP contribution in [0.1, 0.15) is 5.56 Å². The molecule has 6 heteroatoms. The van der Waals surface area contributed by atoms with Crippen LogP contribution < -0.4 is 0 Å². The molecular formula is C20H19N5Pt. The van der Waals surface area contributed by atoms with Crippen LogP contribution in [-0.2, 0) is 35.2 Å². The third-order valence-corrected chi connectivity index (χ3v) is 3.69. The summed E-state index contributed by atoms with van der Waals surface area (Å²) in [5.41, 5.74) is 3.02. The van der Waals surface area contributed by atoms with E-state index in [1.165, 1.54) is 5.56 Å². The number of benzene rings is 1. The Morgan fingerprint density at radius 2 is 1.35 bits per heavy atom. The Kier molecular flexibility index (Phi) is 7.05. The summed E-state index contributed by atoms with van der Waals surface area (Å²) in [6.07, 6.45) is 10.8. The SMILES string of the molecule is Cc1cc[c-]cc1.Cn1ccnc1-c1[c-]c(-c2nccn2C)cnc1.[Pt+2]. The Hall–Kier alpha value is -2.52. The third-order valence-electron chi connectivity index (χ3n) is 3.69. The normalized spacial score (nSPS) is 9.81. The Balaban J connectivity index is 0.000000258. The van der Waals surface area contributed by atoms with E-state index in [2.05, 4.69) is 34.0 Å². The molecule has 0 aliphatic heterocycles. The molecule has 0 bridgehead atoms. The van der Waals surface area contributed by atoms with Gasteiger partial charge < -0.3 is 14.1 Å². The van der Waals surface area contributed by atoms with E-state index in [0.717, 1.165) is 22.8 Å². The first-order valence-electron chi connectivity index (χ1n) is 7.90. The zero-order valence-corrected chi connectivity index (χ0v) is 17.1. The summed E-state index contributed by atoms with van der Waals surface area (Å²) in [5.74, 6) is 1.69. The number of aryl methyl sites for hydroxylation is 3. The van der Waals surface area contributed by atoms with Crippen molar-refractivity contribution >= 4 is 0 Å². The van der Waals surface area contributed by atoms with Gasteiger partial charge >= 0.3 is 21.1 Å². The monoisotopic (exact) mass is 524 g/mol. The maximum Gasteiger partial charge on any atom is 2.00 e. The van der Waals surface area contributed by atoms with Crippen molar-refractivity contribution in [3.63, 3.8) is 0 Å². The molecule has 4 rings (SSSR count). The topological polar surface area (TPSA) is 48.5 Å². The summed E-state index contributed by atoms with van der Waals surface area (Å²) in [5, 5.41) is 0. The second kappa shape index (κ2) is 9.25. The first kappa shape index (κ1) is 19.8. The fourth-order valence-corrected chi connectivity index (χ4v) is 2.34. The van der Waals surface area contributed by atoms with Crippen LogP contribution in [0.25, 0.3) is 22.8 Å². The second-order valence-corrected chi connectivity index (χ2v) is 5.66. The Morgan fingerprint density at radius 3 is 1.69 bits per heavy atom. The number of pyridine rings is 1. The average molecular weight is 524 g/mol. The second-order valence-electron chi connectivity index (χ2n) is 5.66. The molecule has 134 valence electrons. The fraction of sp³-hybridized carbons (Fsp3) is 0.150. The number of imidazole rings is 2. The summed E-state index contributed by atoms with van der Waals surface area (Å²) < 4.78 is 3.88. The quantitative estimate of drug-likeness (QED) is 0.378. The minimum atomic E-state index is 0. The minimum Gasteiger partial charge on any atom is -0.365 e. The van der Waals surface area contributed by atoms with Crippen molar-refractivity contribution < 1.29 is 21.1 Å². The van der Waals surface area contributed by atoms with Gasteiger partial charge in [-0.15, -0.1) is 6.07 Å². The van der Waals surface area contributed by atoms with Gasteiger partial charge in [0.15, 0.2) is 0 Å². The molecule has 0 N–H and O–H groups in total. The maximum atomic E-state index is 4.30. The summed E-state index contributed by atoms with van der Waals surface area (Å²) in [7, 11) is 3.90. The van der Waals surface area contributed by atoms with Gasteiger partial charge in [-0.3, -0.25) is 9.97 Å². The molecule has 0 aliphatic rings. The molecule has 1 aromatic carbocycles. The smallest absolute Gasteiger partial charge is 0.365 e. The first-order chi connectivity index (χ1) is 12.1. The Morgan fingerprint density at radius 1 is 0.846 bits per heavy atom. The zero-order valence-electron chi connectivity index (χ0n) is 14.8. The van der Waals surface area contributed by atoms with Gasteiger partial charge in [-0.05, 0) is 12.4 Å². The summed E-state index contributed by atoms with van der Waals surface area (Å²) in [4.78, 5) is 12.8. The summed E-state index contributed by atoms with van der Waals surface area (Å²) in [6, 6.07) is 14.1. The van der Waals surface area contributed by atoms with Gasteiger partial charge in [-0.1, -0.05) is 18.1 Å². The zero-order chi connectivity index (χ0) is 17.6. The van der Waals surface area contributed by atoms with Gasteiger partial charge in [0.1, 0.15) is 0 Å². The predicted molar refractivity (Wildman–Crippen MR) is 97.5 cm³/mol. The van der Waals surface area contributed by atoms with Crippen LogP contribution in [-0.4, -0.2) is 24.1 Å². The standard InChI is InChI=1S/C13H12N5.C7H7.Pt/c1-17-5-3-15-12(17)10-7-11(9-14-8-10)13-16-4-6-18(13)2;1-7-5-3-2-4-6-7;/h3-6,8-9H,1-2H3;3-6H,1H3;/q2*-1;+2. The molecule has 0 saturated carbocycles.